The van der Waals surface area contributed by atoms with E-state index in [1.165, 1.54) is 0 Å². The predicted molar refractivity (Wildman–Crippen MR) is 69.2 cm³/mol. The molecule has 92 valence electrons. The van der Waals surface area contributed by atoms with Crippen LogP contribution in [0.2, 0.25) is 5.02 Å². The van der Waals surface area contributed by atoms with Crippen molar-refractivity contribution in [2.75, 3.05) is 0 Å². The molecule has 1 saturated carbocycles. The number of carbonyl (C=O) groups is 1. The maximum atomic E-state index is 12.4. The molecule has 0 spiro atoms. The third-order valence-corrected chi connectivity index (χ3v) is 4.31. The van der Waals surface area contributed by atoms with Gasteiger partial charge in [0.25, 0.3) is 0 Å². The SMILES string of the molecule is CC1CCC(C(=O)c2ccncc2Cl)CC1C. The van der Waals surface area contributed by atoms with Crippen LogP contribution < -0.4 is 0 Å². The van der Waals surface area contributed by atoms with Crippen molar-refractivity contribution < 1.29 is 4.79 Å². The van der Waals surface area contributed by atoms with E-state index in [4.69, 9.17) is 11.6 Å². The Morgan fingerprint density at radius 2 is 2.12 bits per heavy atom. The first-order chi connectivity index (χ1) is 8.09. The van der Waals surface area contributed by atoms with Gasteiger partial charge in [0.15, 0.2) is 5.78 Å². The highest BCUT2D eigenvalue weighted by Gasteiger charge is 2.30. The van der Waals surface area contributed by atoms with Crippen molar-refractivity contribution in [1.29, 1.82) is 0 Å². The normalized spacial score (nSPS) is 29.0. The zero-order chi connectivity index (χ0) is 12.4. The fraction of sp³-hybridized carbons (Fsp3) is 0.571. The van der Waals surface area contributed by atoms with Crippen LogP contribution in [0.1, 0.15) is 43.5 Å². The zero-order valence-corrected chi connectivity index (χ0v) is 11.1. The molecule has 0 saturated heterocycles. The molecule has 1 aromatic rings. The van der Waals surface area contributed by atoms with Crippen molar-refractivity contribution in [3.05, 3.63) is 29.0 Å². The number of pyridine rings is 1. The number of halogens is 1. The van der Waals surface area contributed by atoms with E-state index in [0.717, 1.165) is 25.2 Å². The van der Waals surface area contributed by atoms with Crippen molar-refractivity contribution in [3.8, 4) is 0 Å². The second-order valence-corrected chi connectivity index (χ2v) is 5.59. The predicted octanol–water partition coefficient (Wildman–Crippen LogP) is 3.99. The lowest BCUT2D eigenvalue weighted by Gasteiger charge is -2.31. The van der Waals surface area contributed by atoms with E-state index >= 15 is 0 Å². The second kappa shape index (κ2) is 5.18. The van der Waals surface area contributed by atoms with Crippen molar-refractivity contribution in [3.63, 3.8) is 0 Å². The molecule has 0 radical (unpaired) electrons. The summed E-state index contributed by atoms with van der Waals surface area (Å²) in [5, 5.41) is 0.476. The van der Waals surface area contributed by atoms with Crippen molar-refractivity contribution in [1.82, 2.24) is 4.98 Å². The molecule has 1 fully saturated rings. The minimum Gasteiger partial charge on any atom is -0.294 e. The highest BCUT2D eigenvalue weighted by atomic mass is 35.5. The lowest BCUT2D eigenvalue weighted by atomic mass is 9.73. The van der Waals surface area contributed by atoms with E-state index in [-0.39, 0.29) is 11.7 Å². The molecule has 0 bridgehead atoms. The van der Waals surface area contributed by atoms with Gasteiger partial charge in [-0.25, -0.2) is 0 Å². The number of carbonyl (C=O) groups excluding carboxylic acids is 1. The molecular weight excluding hydrogens is 234 g/mol. The van der Waals surface area contributed by atoms with Crippen LogP contribution in [0.3, 0.4) is 0 Å². The number of aromatic nitrogens is 1. The Morgan fingerprint density at radius 1 is 1.35 bits per heavy atom. The van der Waals surface area contributed by atoms with Gasteiger partial charge in [0.05, 0.1) is 5.02 Å². The van der Waals surface area contributed by atoms with Crippen molar-refractivity contribution in [2.24, 2.45) is 17.8 Å². The summed E-state index contributed by atoms with van der Waals surface area (Å²) in [7, 11) is 0. The van der Waals surface area contributed by atoms with Crippen LogP contribution in [0.4, 0.5) is 0 Å². The van der Waals surface area contributed by atoms with E-state index in [1.54, 1.807) is 18.5 Å². The van der Waals surface area contributed by atoms with Gasteiger partial charge in [0.1, 0.15) is 0 Å². The number of hydrogen-bond acceptors (Lipinski definition) is 2. The summed E-state index contributed by atoms with van der Waals surface area (Å²) in [5.41, 5.74) is 0.633. The fourth-order valence-electron chi connectivity index (χ4n) is 2.58. The summed E-state index contributed by atoms with van der Waals surface area (Å²) in [4.78, 5) is 16.3. The number of nitrogens with zero attached hydrogens (tertiary/aromatic N) is 1. The van der Waals surface area contributed by atoms with Crippen LogP contribution in [0.25, 0.3) is 0 Å². The zero-order valence-electron chi connectivity index (χ0n) is 10.3. The van der Waals surface area contributed by atoms with Gasteiger partial charge < -0.3 is 0 Å². The van der Waals surface area contributed by atoms with Gasteiger partial charge in [0, 0.05) is 23.9 Å². The van der Waals surface area contributed by atoms with Crippen LogP contribution in [0, 0.1) is 17.8 Å². The molecule has 1 aromatic heterocycles. The molecule has 0 aliphatic heterocycles. The molecule has 1 aliphatic rings. The third-order valence-electron chi connectivity index (χ3n) is 4.01. The van der Waals surface area contributed by atoms with E-state index in [0.29, 0.717) is 16.5 Å². The molecule has 3 unspecified atom stereocenters. The van der Waals surface area contributed by atoms with Crippen molar-refractivity contribution >= 4 is 17.4 Å². The van der Waals surface area contributed by atoms with Crippen LogP contribution in [-0.2, 0) is 0 Å². The lowest BCUT2D eigenvalue weighted by molar-refractivity contribution is 0.0837. The molecule has 3 atom stereocenters. The van der Waals surface area contributed by atoms with E-state index < -0.39 is 0 Å². The quantitative estimate of drug-likeness (QED) is 0.744. The van der Waals surface area contributed by atoms with E-state index in [1.807, 2.05) is 0 Å². The Balaban J connectivity index is 2.14. The summed E-state index contributed by atoms with van der Waals surface area (Å²) >= 11 is 6.02. The highest BCUT2D eigenvalue weighted by Crippen LogP contribution is 2.35. The number of rotatable bonds is 2. The van der Waals surface area contributed by atoms with Gasteiger partial charge in [-0.2, -0.15) is 0 Å². The molecule has 0 amide bonds. The number of hydrogen-bond donors (Lipinski definition) is 0. The van der Waals surface area contributed by atoms with Gasteiger partial charge in [-0.05, 0) is 37.2 Å². The number of ketones is 1. The molecule has 0 N–H and O–H groups in total. The maximum Gasteiger partial charge on any atom is 0.167 e. The van der Waals surface area contributed by atoms with Gasteiger partial charge in [0.2, 0.25) is 0 Å². The topological polar surface area (TPSA) is 30.0 Å². The Bertz CT molecular complexity index is 418. The Labute approximate surface area is 107 Å². The first-order valence-electron chi connectivity index (χ1n) is 6.23. The standard InChI is InChI=1S/C14H18ClNO/c1-9-3-4-11(7-10(9)2)14(17)12-5-6-16-8-13(12)15/h5-6,8-11H,3-4,7H2,1-2H3. The number of Topliss-reactive ketones (excluding diaryl/α,β-unsaturated/α-hetero) is 1. The molecular formula is C14H18ClNO. The maximum absolute atomic E-state index is 12.4. The van der Waals surface area contributed by atoms with Crippen molar-refractivity contribution in [2.45, 2.75) is 33.1 Å². The molecule has 1 heterocycles. The van der Waals surface area contributed by atoms with Gasteiger partial charge >= 0.3 is 0 Å². The van der Waals surface area contributed by atoms with Crippen LogP contribution in [-0.4, -0.2) is 10.8 Å². The smallest absolute Gasteiger partial charge is 0.167 e. The largest absolute Gasteiger partial charge is 0.294 e. The van der Waals surface area contributed by atoms with Crippen LogP contribution >= 0.6 is 11.6 Å². The third kappa shape index (κ3) is 2.68. The summed E-state index contributed by atoms with van der Waals surface area (Å²) < 4.78 is 0. The second-order valence-electron chi connectivity index (χ2n) is 5.18. The van der Waals surface area contributed by atoms with Gasteiger partial charge in [-0.3, -0.25) is 9.78 Å². The van der Waals surface area contributed by atoms with E-state index in [9.17, 15) is 4.79 Å². The summed E-state index contributed by atoms with van der Waals surface area (Å²) in [5.74, 6) is 1.68. The monoisotopic (exact) mass is 251 g/mol. The fourth-order valence-corrected chi connectivity index (χ4v) is 2.79. The average Bonchev–Trinajstić information content (AvgIpc) is 2.32. The summed E-state index contributed by atoms with van der Waals surface area (Å²) in [6, 6.07) is 1.73. The first-order valence-corrected chi connectivity index (χ1v) is 6.61. The minimum absolute atomic E-state index is 0.140. The van der Waals surface area contributed by atoms with Gasteiger partial charge in [-0.1, -0.05) is 25.4 Å². The molecule has 2 nitrogen and oxygen atoms in total. The Morgan fingerprint density at radius 3 is 2.76 bits per heavy atom. The summed E-state index contributed by atoms with van der Waals surface area (Å²) in [6.07, 6.45) is 6.29. The Hall–Kier alpha value is -0.890. The lowest BCUT2D eigenvalue weighted by Crippen LogP contribution is -2.26. The first kappa shape index (κ1) is 12.6. The average molecular weight is 252 g/mol. The molecule has 17 heavy (non-hydrogen) atoms. The molecule has 2 rings (SSSR count). The van der Waals surface area contributed by atoms with Crippen LogP contribution in [0.5, 0.6) is 0 Å². The minimum atomic E-state index is 0.140. The van der Waals surface area contributed by atoms with E-state index in [2.05, 4.69) is 18.8 Å². The molecule has 0 aromatic carbocycles. The Kier molecular flexibility index (Phi) is 3.82. The van der Waals surface area contributed by atoms with Crippen LogP contribution in [0.15, 0.2) is 18.5 Å². The molecule has 3 heteroatoms. The molecule has 1 aliphatic carbocycles. The highest BCUT2D eigenvalue weighted by molar-refractivity contribution is 6.33. The summed E-state index contributed by atoms with van der Waals surface area (Å²) in [6.45, 7) is 4.50. The van der Waals surface area contributed by atoms with Gasteiger partial charge in [-0.15, -0.1) is 0 Å².